The molecule has 0 spiro atoms. The summed E-state index contributed by atoms with van der Waals surface area (Å²) in [5.41, 5.74) is -1.95. The van der Waals surface area contributed by atoms with E-state index in [2.05, 4.69) is 22.3 Å². The lowest BCUT2D eigenvalue weighted by Crippen LogP contribution is -2.46. The van der Waals surface area contributed by atoms with Gasteiger partial charge in [0.15, 0.2) is 0 Å². The SMILES string of the molecule is O=C(NC1CCN(Cc2ccccc2)CC1)C1CC(=O)N(Cc2cc(C(F)(F)F)cc(C(F)(F)F)c2)C1. The van der Waals surface area contributed by atoms with Crippen molar-refractivity contribution in [1.29, 1.82) is 0 Å². The Morgan fingerprint density at radius 3 is 2.03 bits per heavy atom. The van der Waals surface area contributed by atoms with Crippen molar-refractivity contribution in [2.45, 2.75) is 50.7 Å². The first-order valence-corrected chi connectivity index (χ1v) is 12.0. The summed E-state index contributed by atoms with van der Waals surface area (Å²) in [4.78, 5) is 28.7. The van der Waals surface area contributed by atoms with Crippen LogP contribution in [-0.4, -0.2) is 47.3 Å². The van der Waals surface area contributed by atoms with Gasteiger partial charge in [-0.15, -0.1) is 0 Å². The molecule has 11 heteroatoms. The summed E-state index contributed by atoms with van der Waals surface area (Å²) in [6.45, 7) is 1.92. The lowest BCUT2D eigenvalue weighted by molar-refractivity contribution is -0.143. The van der Waals surface area contributed by atoms with Crippen LogP contribution in [0.2, 0.25) is 0 Å². The fourth-order valence-corrected chi connectivity index (χ4v) is 4.83. The highest BCUT2D eigenvalue weighted by atomic mass is 19.4. The number of hydrogen-bond donors (Lipinski definition) is 1. The van der Waals surface area contributed by atoms with Crippen molar-refractivity contribution in [3.8, 4) is 0 Å². The molecular formula is C26H27F6N3O2. The third kappa shape index (κ3) is 7.03. The highest BCUT2D eigenvalue weighted by Crippen LogP contribution is 2.37. The van der Waals surface area contributed by atoms with Crippen LogP contribution in [0.3, 0.4) is 0 Å². The molecule has 0 bridgehead atoms. The first kappa shape index (κ1) is 27.0. The molecule has 2 heterocycles. The molecule has 1 atom stereocenters. The fourth-order valence-electron chi connectivity index (χ4n) is 4.83. The Kier molecular flexibility index (Phi) is 7.82. The predicted octanol–water partition coefficient (Wildman–Crippen LogP) is 4.85. The summed E-state index contributed by atoms with van der Waals surface area (Å²) in [6.07, 6.45) is -8.58. The van der Waals surface area contributed by atoms with Crippen LogP contribution in [0, 0.1) is 5.92 Å². The summed E-state index contributed by atoms with van der Waals surface area (Å²) in [6, 6.07) is 11.3. The van der Waals surface area contributed by atoms with Gasteiger partial charge >= 0.3 is 12.4 Å². The Morgan fingerprint density at radius 1 is 0.865 bits per heavy atom. The van der Waals surface area contributed by atoms with Gasteiger partial charge in [0.1, 0.15) is 0 Å². The van der Waals surface area contributed by atoms with E-state index >= 15 is 0 Å². The molecule has 5 nitrogen and oxygen atoms in total. The maximum absolute atomic E-state index is 13.1. The first-order valence-electron chi connectivity index (χ1n) is 12.0. The van der Waals surface area contributed by atoms with Crippen LogP contribution in [0.15, 0.2) is 48.5 Å². The van der Waals surface area contributed by atoms with Crippen LogP contribution in [0.1, 0.15) is 41.5 Å². The van der Waals surface area contributed by atoms with E-state index in [-0.39, 0.29) is 36.5 Å². The molecule has 1 unspecified atom stereocenters. The van der Waals surface area contributed by atoms with E-state index in [1.165, 1.54) is 5.56 Å². The summed E-state index contributed by atoms with van der Waals surface area (Å²) in [5, 5.41) is 2.97. The molecule has 0 aliphatic carbocycles. The van der Waals surface area contributed by atoms with Gasteiger partial charge in [-0.05, 0) is 42.2 Å². The van der Waals surface area contributed by atoms with Crippen LogP contribution in [0.25, 0.3) is 0 Å². The molecule has 1 N–H and O–H groups in total. The number of carbonyl (C=O) groups is 2. The second-order valence-corrected chi connectivity index (χ2v) is 9.63. The quantitative estimate of drug-likeness (QED) is 0.547. The molecule has 2 fully saturated rings. The molecule has 2 saturated heterocycles. The topological polar surface area (TPSA) is 52.7 Å². The average molecular weight is 528 g/mol. The zero-order valence-corrected chi connectivity index (χ0v) is 19.9. The highest BCUT2D eigenvalue weighted by molar-refractivity contribution is 5.89. The van der Waals surface area contributed by atoms with Crippen molar-refractivity contribution in [3.63, 3.8) is 0 Å². The van der Waals surface area contributed by atoms with E-state index < -0.39 is 41.8 Å². The Bertz CT molecular complexity index is 1080. The van der Waals surface area contributed by atoms with Gasteiger partial charge in [0.2, 0.25) is 11.8 Å². The largest absolute Gasteiger partial charge is 0.416 e. The lowest BCUT2D eigenvalue weighted by Gasteiger charge is -2.32. The number of carbonyl (C=O) groups excluding carboxylic acids is 2. The first-order chi connectivity index (χ1) is 17.4. The molecular weight excluding hydrogens is 500 g/mol. The number of alkyl halides is 6. The van der Waals surface area contributed by atoms with Crippen molar-refractivity contribution in [2.24, 2.45) is 5.92 Å². The van der Waals surface area contributed by atoms with Crippen LogP contribution < -0.4 is 5.32 Å². The number of nitrogens with zero attached hydrogens (tertiary/aromatic N) is 2. The van der Waals surface area contributed by atoms with E-state index in [0.29, 0.717) is 12.1 Å². The standard InChI is InChI=1S/C26H27F6N3O2/c27-25(28,29)20-10-18(11-21(13-20)26(30,31)32)15-35-16-19(12-23(35)36)24(37)33-22-6-8-34(9-7-22)14-17-4-2-1-3-5-17/h1-5,10-11,13,19,22H,6-9,12,14-16H2,(H,33,37). The van der Waals surface area contributed by atoms with Gasteiger partial charge in [-0.1, -0.05) is 30.3 Å². The molecule has 0 radical (unpaired) electrons. The molecule has 2 amide bonds. The van der Waals surface area contributed by atoms with Gasteiger partial charge in [-0.25, -0.2) is 0 Å². The van der Waals surface area contributed by atoms with Crippen LogP contribution in [0.4, 0.5) is 26.3 Å². The summed E-state index contributed by atoms with van der Waals surface area (Å²) >= 11 is 0. The van der Waals surface area contributed by atoms with Gasteiger partial charge in [0, 0.05) is 45.2 Å². The number of likely N-dealkylation sites (tertiary alicyclic amines) is 2. The lowest BCUT2D eigenvalue weighted by atomic mass is 10.0. The van der Waals surface area contributed by atoms with E-state index in [1.807, 2.05) is 18.2 Å². The monoisotopic (exact) mass is 527 g/mol. The van der Waals surface area contributed by atoms with E-state index in [9.17, 15) is 35.9 Å². The molecule has 0 saturated carbocycles. The summed E-state index contributed by atoms with van der Waals surface area (Å²) in [7, 11) is 0. The van der Waals surface area contributed by atoms with Gasteiger partial charge in [-0.3, -0.25) is 14.5 Å². The minimum Gasteiger partial charge on any atom is -0.353 e. The number of rotatable bonds is 6. The van der Waals surface area contributed by atoms with Gasteiger partial charge in [0.05, 0.1) is 17.0 Å². The maximum atomic E-state index is 13.1. The summed E-state index contributed by atoms with van der Waals surface area (Å²) in [5.74, 6) is -1.51. The minimum absolute atomic E-state index is 0.0523. The number of hydrogen-bond acceptors (Lipinski definition) is 3. The van der Waals surface area contributed by atoms with Crippen LogP contribution in [0.5, 0.6) is 0 Å². The number of piperidine rings is 1. The van der Waals surface area contributed by atoms with Crippen molar-refractivity contribution in [3.05, 3.63) is 70.8 Å². The molecule has 37 heavy (non-hydrogen) atoms. The fraction of sp³-hybridized carbons (Fsp3) is 0.462. The third-order valence-electron chi connectivity index (χ3n) is 6.79. The Morgan fingerprint density at radius 2 is 1.46 bits per heavy atom. The third-order valence-corrected chi connectivity index (χ3v) is 6.79. The smallest absolute Gasteiger partial charge is 0.353 e. The Balaban J connectivity index is 1.32. The van der Waals surface area contributed by atoms with Gasteiger partial charge in [0.25, 0.3) is 0 Å². The molecule has 0 aromatic heterocycles. The molecule has 2 aromatic rings. The summed E-state index contributed by atoms with van der Waals surface area (Å²) < 4.78 is 78.9. The second kappa shape index (κ2) is 10.7. The Labute approximate surface area is 210 Å². The molecule has 200 valence electrons. The van der Waals surface area contributed by atoms with Gasteiger partial charge in [-0.2, -0.15) is 26.3 Å². The van der Waals surface area contributed by atoms with Crippen molar-refractivity contribution < 1.29 is 35.9 Å². The zero-order valence-electron chi connectivity index (χ0n) is 19.9. The average Bonchev–Trinajstić information content (AvgIpc) is 3.20. The van der Waals surface area contributed by atoms with Gasteiger partial charge < -0.3 is 10.2 Å². The second-order valence-electron chi connectivity index (χ2n) is 9.63. The number of benzene rings is 2. The highest BCUT2D eigenvalue weighted by Gasteiger charge is 2.39. The molecule has 2 aliphatic heterocycles. The Hall–Kier alpha value is -3.08. The minimum atomic E-state index is -4.97. The number of amides is 2. The molecule has 2 aliphatic rings. The van der Waals surface area contributed by atoms with E-state index in [4.69, 9.17) is 0 Å². The van der Waals surface area contributed by atoms with Crippen molar-refractivity contribution in [2.75, 3.05) is 19.6 Å². The van der Waals surface area contributed by atoms with Crippen LogP contribution >= 0.6 is 0 Å². The molecule has 4 rings (SSSR count). The van der Waals surface area contributed by atoms with Crippen molar-refractivity contribution >= 4 is 11.8 Å². The zero-order chi connectivity index (χ0) is 26.8. The van der Waals surface area contributed by atoms with E-state index in [0.717, 1.165) is 37.4 Å². The normalized spacial score (nSPS) is 19.9. The van der Waals surface area contributed by atoms with E-state index in [1.54, 1.807) is 0 Å². The number of halogens is 6. The maximum Gasteiger partial charge on any atom is 0.416 e. The molecule has 2 aromatic carbocycles. The number of nitrogens with one attached hydrogen (secondary N) is 1. The van der Waals surface area contributed by atoms with Crippen LogP contribution in [-0.2, 0) is 35.0 Å². The van der Waals surface area contributed by atoms with Crippen molar-refractivity contribution in [1.82, 2.24) is 15.1 Å². The predicted molar refractivity (Wildman–Crippen MR) is 123 cm³/mol.